The Labute approximate surface area is 115 Å². The van der Waals surface area contributed by atoms with Crippen molar-refractivity contribution in [3.05, 3.63) is 58.9 Å². The molecule has 0 aliphatic rings. The monoisotopic (exact) mass is 277 g/mol. The first kappa shape index (κ1) is 13.4. The number of hydrogen-bond acceptors (Lipinski definition) is 4. The van der Waals surface area contributed by atoms with Crippen molar-refractivity contribution in [1.29, 1.82) is 0 Å². The fraction of sp³-hybridized carbons (Fsp3) is 0.143. The van der Waals surface area contributed by atoms with Gasteiger partial charge in [-0.05, 0) is 29.8 Å². The molecule has 2 rings (SSSR count). The quantitative estimate of drug-likeness (QED) is 0.636. The van der Waals surface area contributed by atoms with Crippen molar-refractivity contribution in [3.63, 3.8) is 0 Å². The van der Waals surface area contributed by atoms with Crippen LogP contribution in [0.5, 0.6) is 5.75 Å². The van der Waals surface area contributed by atoms with Crippen molar-refractivity contribution in [1.82, 2.24) is 4.98 Å². The minimum atomic E-state index is -0.492. The lowest BCUT2D eigenvalue weighted by atomic mass is 10.2. The molecule has 0 bridgehead atoms. The van der Waals surface area contributed by atoms with Gasteiger partial charge in [-0.15, -0.1) is 0 Å². The molecule has 1 heterocycles. The second-order valence-electron chi connectivity index (χ2n) is 3.77. The van der Waals surface area contributed by atoms with E-state index in [1.807, 2.05) is 12.1 Å². The lowest BCUT2D eigenvalue weighted by Crippen LogP contribution is -2.06. The zero-order valence-corrected chi connectivity index (χ0v) is 11.1. The molecule has 19 heavy (non-hydrogen) atoms. The van der Waals surface area contributed by atoms with E-state index in [0.717, 1.165) is 11.3 Å². The molecule has 0 amide bonds. The Morgan fingerprint density at radius 1 is 1.26 bits per heavy atom. The van der Waals surface area contributed by atoms with Crippen LogP contribution in [-0.4, -0.2) is 18.1 Å². The molecule has 0 aliphatic carbocycles. The molecule has 0 spiro atoms. The van der Waals surface area contributed by atoms with Gasteiger partial charge < -0.3 is 9.47 Å². The van der Waals surface area contributed by atoms with Gasteiger partial charge in [0.1, 0.15) is 17.5 Å². The zero-order chi connectivity index (χ0) is 13.7. The molecule has 0 fully saturated rings. The number of carbonyl (C=O) groups excluding carboxylic acids is 1. The lowest BCUT2D eigenvalue weighted by molar-refractivity contribution is 0.0472. The van der Waals surface area contributed by atoms with Crippen LogP contribution in [0.15, 0.2) is 42.6 Å². The van der Waals surface area contributed by atoms with Gasteiger partial charge in [-0.3, -0.25) is 0 Å². The standard InChI is InChI=1S/C14H12ClNO3/c1-18-11-6-4-10(5-7-11)9-19-14(17)12-3-2-8-16-13(12)15/h2-8H,9H2,1H3. The highest BCUT2D eigenvalue weighted by molar-refractivity contribution is 6.32. The number of methoxy groups -OCH3 is 1. The van der Waals surface area contributed by atoms with Gasteiger partial charge in [0, 0.05) is 6.20 Å². The van der Waals surface area contributed by atoms with Crippen LogP contribution in [0, 0.1) is 0 Å². The number of pyridine rings is 1. The van der Waals surface area contributed by atoms with Crippen LogP contribution in [-0.2, 0) is 11.3 Å². The van der Waals surface area contributed by atoms with Crippen LogP contribution in [0.3, 0.4) is 0 Å². The van der Waals surface area contributed by atoms with E-state index < -0.39 is 5.97 Å². The maximum absolute atomic E-state index is 11.8. The van der Waals surface area contributed by atoms with E-state index in [-0.39, 0.29) is 17.3 Å². The Bertz CT molecular complexity index is 569. The van der Waals surface area contributed by atoms with E-state index in [4.69, 9.17) is 21.1 Å². The molecule has 0 radical (unpaired) electrons. The zero-order valence-electron chi connectivity index (χ0n) is 10.3. The highest BCUT2D eigenvalue weighted by Gasteiger charge is 2.12. The van der Waals surface area contributed by atoms with E-state index >= 15 is 0 Å². The summed E-state index contributed by atoms with van der Waals surface area (Å²) in [7, 11) is 1.60. The van der Waals surface area contributed by atoms with Crippen LogP contribution < -0.4 is 4.74 Å². The Balaban J connectivity index is 1.98. The first-order valence-electron chi connectivity index (χ1n) is 5.61. The normalized spacial score (nSPS) is 10.0. The van der Waals surface area contributed by atoms with Crippen LogP contribution in [0.1, 0.15) is 15.9 Å². The number of halogens is 1. The third-order valence-electron chi connectivity index (χ3n) is 2.51. The number of benzene rings is 1. The third kappa shape index (κ3) is 3.45. The van der Waals surface area contributed by atoms with Gasteiger partial charge in [0.15, 0.2) is 0 Å². The van der Waals surface area contributed by atoms with Gasteiger partial charge in [0.2, 0.25) is 0 Å². The minimum absolute atomic E-state index is 0.141. The molecule has 5 heteroatoms. The summed E-state index contributed by atoms with van der Waals surface area (Å²) in [5.74, 6) is 0.263. The second kappa shape index (κ2) is 6.20. The summed E-state index contributed by atoms with van der Waals surface area (Å²) in [6.07, 6.45) is 1.52. The molecule has 4 nitrogen and oxygen atoms in total. The Hall–Kier alpha value is -2.07. The maximum atomic E-state index is 11.8. The van der Waals surface area contributed by atoms with Gasteiger partial charge in [0.25, 0.3) is 0 Å². The number of hydrogen-bond donors (Lipinski definition) is 0. The maximum Gasteiger partial charge on any atom is 0.341 e. The van der Waals surface area contributed by atoms with Gasteiger partial charge in [-0.25, -0.2) is 9.78 Å². The number of nitrogens with zero attached hydrogens (tertiary/aromatic N) is 1. The largest absolute Gasteiger partial charge is 0.497 e. The molecular formula is C14H12ClNO3. The molecule has 1 aromatic carbocycles. The van der Waals surface area contributed by atoms with Gasteiger partial charge >= 0.3 is 5.97 Å². The first-order chi connectivity index (χ1) is 9.20. The predicted octanol–water partition coefficient (Wildman–Crippen LogP) is 3.10. The molecule has 0 N–H and O–H groups in total. The highest BCUT2D eigenvalue weighted by atomic mass is 35.5. The average Bonchev–Trinajstić information content (AvgIpc) is 2.46. The second-order valence-corrected chi connectivity index (χ2v) is 4.12. The van der Waals surface area contributed by atoms with Gasteiger partial charge in [-0.2, -0.15) is 0 Å². The number of carbonyl (C=O) groups is 1. The summed E-state index contributed by atoms with van der Waals surface area (Å²) >= 11 is 5.81. The van der Waals surface area contributed by atoms with Gasteiger partial charge in [-0.1, -0.05) is 23.7 Å². The Morgan fingerprint density at radius 3 is 2.63 bits per heavy atom. The summed E-state index contributed by atoms with van der Waals surface area (Å²) in [6.45, 7) is 0.175. The highest BCUT2D eigenvalue weighted by Crippen LogP contribution is 2.15. The van der Waals surface area contributed by atoms with E-state index in [2.05, 4.69) is 4.98 Å². The van der Waals surface area contributed by atoms with E-state index in [1.54, 1.807) is 31.4 Å². The van der Waals surface area contributed by atoms with Crippen molar-refractivity contribution in [2.75, 3.05) is 7.11 Å². The summed E-state index contributed by atoms with van der Waals surface area (Å²) in [5, 5.41) is 0.141. The van der Waals surface area contributed by atoms with Crippen LogP contribution in [0.25, 0.3) is 0 Å². The van der Waals surface area contributed by atoms with Crippen LogP contribution in [0.2, 0.25) is 5.15 Å². The molecule has 1 aromatic heterocycles. The summed E-state index contributed by atoms with van der Waals surface area (Å²) in [6, 6.07) is 10.5. The first-order valence-corrected chi connectivity index (χ1v) is 5.99. The molecule has 98 valence electrons. The number of ether oxygens (including phenoxy) is 2. The van der Waals surface area contributed by atoms with Crippen molar-refractivity contribution in [2.45, 2.75) is 6.61 Å². The number of rotatable bonds is 4. The SMILES string of the molecule is COc1ccc(COC(=O)c2cccnc2Cl)cc1. The molecule has 0 atom stereocenters. The molecule has 0 saturated heterocycles. The fourth-order valence-corrected chi connectivity index (χ4v) is 1.68. The third-order valence-corrected chi connectivity index (χ3v) is 2.81. The van der Waals surface area contributed by atoms with Crippen LogP contribution >= 0.6 is 11.6 Å². The fourth-order valence-electron chi connectivity index (χ4n) is 1.49. The topological polar surface area (TPSA) is 48.4 Å². The summed E-state index contributed by atoms with van der Waals surface area (Å²) in [4.78, 5) is 15.6. The van der Waals surface area contributed by atoms with Crippen LogP contribution in [0.4, 0.5) is 0 Å². The summed E-state index contributed by atoms with van der Waals surface area (Å²) in [5.41, 5.74) is 1.13. The lowest BCUT2D eigenvalue weighted by Gasteiger charge is -2.06. The van der Waals surface area contributed by atoms with E-state index in [1.165, 1.54) is 6.20 Å². The number of esters is 1. The molecular weight excluding hydrogens is 266 g/mol. The molecule has 0 saturated carbocycles. The summed E-state index contributed by atoms with van der Waals surface area (Å²) < 4.78 is 10.2. The average molecular weight is 278 g/mol. The Kier molecular flexibility index (Phi) is 4.36. The van der Waals surface area contributed by atoms with Crippen molar-refractivity contribution in [3.8, 4) is 5.75 Å². The number of aromatic nitrogens is 1. The van der Waals surface area contributed by atoms with Crippen molar-refractivity contribution >= 4 is 17.6 Å². The van der Waals surface area contributed by atoms with E-state index in [0.29, 0.717) is 0 Å². The minimum Gasteiger partial charge on any atom is -0.497 e. The molecule has 0 aliphatic heterocycles. The van der Waals surface area contributed by atoms with E-state index in [9.17, 15) is 4.79 Å². The molecule has 2 aromatic rings. The van der Waals surface area contributed by atoms with Crippen molar-refractivity contribution < 1.29 is 14.3 Å². The smallest absolute Gasteiger partial charge is 0.341 e. The predicted molar refractivity (Wildman–Crippen MR) is 71.4 cm³/mol. The Morgan fingerprint density at radius 2 is 2.00 bits per heavy atom. The van der Waals surface area contributed by atoms with Gasteiger partial charge in [0.05, 0.1) is 12.7 Å². The van der Waals surface area contributed by atoms with Crippen molar-refractivity contribution in [2.24, 2.45) is 0 Å². The molecule has 0 unspecified atom stereocenters.